The second-order valence-electron chi connectivity index (χ2n) is 4.78. The van der Waals surface area contributed by atoms with Crippen molar-refractivity contribution in [3.63, 3.8) is 0 Å². The second-order valence-corrected chi connectivity index (χ2v) is 5.94. The zero-order valence-electron chi connectivity index (χ0n) is 13.8. The molecule has 0 saturated heterocycles. The van der Waals surface area contributed by atoms with Gasteiger partial charge in [0.1, 0.15) is 11.8 Å². The molecule has 0 heterocycles. The van der Waals surface area contributed by atoms with E-state index in [1.165, 1.54) is 5.75 Å². The first-order valence-electron chi connectivity index (χ1n) is 7.17. The molecule has 1 atom stereocenters. The van der Waals surface area contributed by atoms with Gasteiger partial charge in [-0.1, -0.05) is 13.0 Å². The Bertz CT molecular complexity index is 580. The summed E-state index contributed by atoms with van der Waals surface area (Å²) in [6, 6.07) is 0.919. The minimum atomic E-state index is -4.75. The molecule has 5 N–H and O–H groups in total. The van der Waals surface area contributed by atoms with E-state index in [1.54, 1.807) is 0 Å². The molecule has 0 aliphatic heterocycles. The predicted molar refractivity (Wildman–Crippen MR) is 89.5 cm³/mol. The van der Waals surface area contributed by atoms with E-state index in [1.807, 2.05) is 17.1 Å². The molecule has 0 saturated carbocycles. The van der Waals surface area contributed by atoms with Crippen LogP contribution in [0.25, 0.3) is 0 Å². The molecule has 0 radical (unpaired) electrons. The number of aliphatic carboxylic acids is 1. The molecule has 1 amide bonds. The van der Waals surface area contributed by atoms with Gasteiger partial charge < -0.3 is 21.3 Å². The van der Waals surface area contributed by atoms with Crippen LogP contribution in [0.1, 0.15) is 18.1 Å². The number of nitrogens with one attached hydrogen (secondary N) is 1. The van der Waals surface area contributed by atoms with E-state index in [0.717, 1.165) is 12.1 Å². The highest BCUT2D eigenvalue weighted by atomic mass is 32.2. The third-order valence-corrected chi connectivity index (χ3v) is 3.51. The number of amides is 1. The number of carbonyl (C=O) groups is 2. The van der Waals surface area contributed by atoms with Crippen LogP contribution >= 0.6 is 11.8 Å². The average molecular weight is 382 g/mol. The molecule has 142 valence electrons. The Labute approximate surface area is 147 Å². The largest absolute Gasteiger partial charge is 0.508 e. The van der Waals surface area contributed by atoms with Crippen LogP contribution in [0.2, 0.25) is 0 Å². The number of aromatic hydroxyl groups is 1. The van der Waals surface area contributed by atoms with Gasteiger partial charge in [0.25, 0.3) is 0 Å². The lowest BCUT2D eigenvalue weighted by molar-refractivity contribution is -0.142. The van der Waals surface area contributed by atoms with E-state index in [4.69, 9.17) is 15.9 Å². The summed E-state index contributed by atoms with van der Waals surface area (Å²) in [7, 11) is 0. The number of phenolic OH excluding ortho intramolecular Hbond substituents is 1. The minimum absolute atomic E-state index is 0.356. The molecule has 0 aliphatic rings. The second kappa shape index (κ2) is 10.8. The smallest absolute Gasteiger partial charge is 0.416 e. The molecule has 0 fully saturated rings. The Balaban J connectivity index is 0.00000129. The van der Waals surface area contributed by atoms with Gasteiger partial charge in [-0.05, 0) is 29.7 Å². The number of thioether (sulfide) groups is 1. The van der Waals surface area contributed by atoms with Gasteiger partial charge in [-0.15, -0.1) is 0 Å². The number of nitrogens with two attached hydrogens (primary N) is 1. The molecule has 0 aliphatic carbocycles. The summed E-state index contributed by atoms with van der Waals surface area (Å²) in [4.78, 5) is 22.1. The fourth-order valence-electron chi connectivity index (χ4n) is 1.68. The number of hydrogen-bond acceptors (Lipinski definition) is 5. The van der Waals surface area contributed by atoms with E-state index >= 15 is 0 Å². The fraction of sp³-hybridized carbons (Fsp3) is 0.467. The summed E-state index contributed by atoms with van der Waals surface area (Å²) >= 11 is 1.86. The number of carbonyl (C=O) groups excluding carboxylic acids is 1. The van der Waals surface area contributed by atoms with Crippen molar-refractivity contribution in [1.82, 2.24) is 5.32 Å². The summed E-state index contributed by atoms with van der Waals surface area (Å²) in [5, 5.41) is 20.1. The van der Waals surface area contributed by atoms with Gasteiger partial charge in [0.15, 0.2) is 0 Å². The summed E-state index contributed by atoms with van der Waals surface area (Å²) in [6.07, 6.45) is -3.24. The minimum Gasteiger partial charge on any atom is -0.508 e. The van der Waals surface area contributed by atoms with Crippen molar-refractivity contribution in [3.05, 3.63) is 29.3 Å². The maximum Gasteiger partial charge on any atom is 0.416 e. The molecule has 1 aromatic rings. The Hall–Kier alpha value is -1.94. The van der Waals surface area contributed by atoms with Crippen LogP contribution in [-0.2, 0) is 22.2 Å². The topological polar surface area (TPSA) is 113 Å². The standard InChI is InChI=1S/C12H13F3N2O4.C3H8S/c13-12(14,15)8-4-7(18)2-1-6(8)3-9(11(20)21)17-10(19)5-16;1-3-4-2/h1-2,4,9,18H,3,5,16H2,(H,17,19)(H,20,21);3H2,1-2H3/t9-;/m0./s1. The Morgan fingerprint density at radius 2 is 1.92 bits per heavy atom. The lowest BCUT2D eigenvalue weighted by atomic mass is 9.99. The molecule has 6 nitrogen and oxygen atoms in total. The van der Waals surface area contributed by atoms with Gasteiger partial charge >= 0.3 is 12.1 Å². The number of hydrogen-bond donors (Lipinski definition) is 4. The van der Waals surface area contributed by atoms with Crippen LogP contribution in [0.5, 0.6) is 5.75 Å². The highest BCUT2D eigenvalue weighted by molar-refractivity contribution is 7.98. The van der Waals surface area contributed by atoms with Gasteiger partial charge in [-0.25, -0.2) is 4.79 Å². The number of benzene rings is 1. The van der Waals surface area contributed by atoms with Gasteiger partial charge in [0.05, 0.1) is 12.1 Å². The third-order valence-electron chi connectivity index (χ3n) is 2.93. The molecule has 0 bridgehead atoms. The maximum atomic E-state index is 12.8. The molecule has 0 spiro atoms. The molecule has 10 heteroatoms. The van der Waals surface area contributed by atoms with Gasteiger partial charge in [-0.2, -0.15) is 24.9 Å². The Morgan fingerprint density at radius 3 is 2.32 bits per heavy atom. The monoisotopic (exact) mass is 382 g/mol. The predicted octanol–water partition coefficient (Wildman–Crippen LogP) is 1.85. The van der Waals surface area contributed by atoms with Crippen LogP contribution in [0, 0.1) is 0 Å². The van der Waals surface area contributed by atoms with Crippen LogP contribution in [0.15, 0.2) is 18.2 Å². The molecule has 0 aromatic heterocycles. The maximum absolute atomic E-state index is 12.8. The molecule has 1 rings (SSSR count). The van der Waals surface area contributed by atoms with Gasteiger partial charge in [0.2, 0.25) is 5.91 Å². The molecular weight excluding hydrogens is 361 g/mol. The zero-order chi connectivity index (χ0) is 19.6. The van der Waals surface area contributed by atoms with E-state index in [0.29, 0.717) is 6.07 Å². The van der Waals surface area contributed by atoms with Crippen molar-refractivity contribution in [1.29, 1.82) is 0 Å². The van der Waals surface area contributed by atoms with Gasteiger partial charge in [0, 0.05) is 6.42 Å². The van der Waals surface area contributed by atoms with E-state index in [-0.39, 0.29) is 5.56 Å². The van der Waals surface area contributed by atoms with Crippen LogP contribution in [0.3, 0.4) is 0 Å². The molecular formula is C15H21F3N2O4S. The highest BCUT2D eigenvalue weighted by Crippen LogP contribution is 2.34. The van der Waals surface area contributed by atoms with Crippen LogP contribution in [0.4, 0.5) is 13.2 Å². The first-order valence-corrected chi connectivity index (χ1v) is 8.56. The van der Waals surface area contributed by atoms with E-state index < -0.39 is 48.4 Å². The number of rotatable bonds is 6. The SMILES string of the molecule is CCSC.NCC(=O)N[C@@H](Cc1ccc(O)cc1C(F)(F)F)C(=O)O. The molecule has 1 aromatic carbocycles. The number of halogens is 3. The lowest BCUT2D eigenvalue weighted by Gasteiger charge is -2.18. The van der Waals surface area contributed by atoms with Crippen LogP contribution < -0.4 is 11.1 Å². The van der Waals surface area contributed by atoms with E-state index in [9.17, 15) is 22.8 Å². The highest BCUT2D eigenvalue weighted by Gasteiger charge is 2.35. The number of alkyl halides is 3. The van der Waals surface area contributed by atoms with Crippen molar-refractivity contribution in [2.75, 3.05) is 18.6 Å². The van der Waals surface area contributed by atoms with Crippen molar-refractivity contribution in [2.24, 2.45) is 5.73 Å². The summed E-state index contributed by atoms with van der Waals surface area (Å²) in [5.41, 5.74) is 3.50. The summed E-state index contributed by atoms with van der Waals surface area (Å²) in [5.74, 6) is -1.64. The van der Waals surface area contributed by atoms with Crippen molar-refractivity contribution >= 4 is 23.6 Å². The fourth-order valence-corrected chi connectivity index (χ4v) is 1.68. The molecule has 25 heavy (non-hydrogen) atoms. The van der Waals surface area contributed by atoms with Crippen LogP contribution in [-0.4, -0.2) is 46.7 Å². The number of phenols is 1. The lowest BCUT2D eigenvalue weighted by Crippen LogP contribution is -2.45. The average Bonchev–Trinajstić information content (AvgIpc) is 2.54. The van der Waals surface area contributed by atoms with Crippen molar-refractivity contribution in [3.8, 4) is 5.75 Å². The molecule has 0 unspecified atom stereocenters. The Kier molecular flexibility index (Phi) is 9.99. The first kappa shape index (κ1) is 23.1. The zero-order valence-corrected chi connectivity index (χ0v) is 14.6. The third kappa shape index (κ3) is 8.64. The van der Waals surface area contributed by atoms with Crippen molar-refractivity contribution < 1.29 is 33.0 Å². The number of carboxylic acid groups (broad SMARTS) is 1. The quantitative estimate of drug-likeness (QED) is 0.597. The summed E-state index contributed by atoms with van der Waals surface area (Å²) in [6.45, 7) is 1.66. The number of carboxylic acids is 1. The Morgan fingerprint density at radius 1 is 1.36 bits per heavy atom. The normalized spacial score (nSPS) is 11.9. The van der Waals surface area contributed by atoms with E-state index in [2.05, 4.69) is 13.2 Å². The van der Waals surface area contributed by atoms with Gasteiger partial charge in [-0.3, -0.25) is 4.79 Å². The first-order chi connectivity index (χ1) is 11.6. The summed E-state index contributed by atoms with van der Waals surface area (Å²) < 4.78 is 38.5. The van der Waals surface area contributed by atoms with Crippen molar-refractivity contribution in [2.45, 2.75) is 25.6 Å².